The normalized spacial score (nSPS) is 12.3. The van der Waals surface area contributed by atoms with Crippen LogP contribution in [-0.4, -0.2) is 45.4 Å². The van der Waals surface area contributed by atoms with E-state index < -0.39 is 23.6 Å². The van der Waals surface area contributed by atoms with Crippen LogP contribution in [0.2, 0.25) is 0 Å². The van der Waals surface area contributed by atoms with Crippen molar-refractivity contribution in [3.05, 3.63) is 47.3 Å². The lowest BCUT2D eigenvalue weighted by molar-refractivity contribution is 0.0697. The number of carbonyl (C=O) groups is 1. The summed E-state index contributed by atoms with van der Waals surface area (Å²) in [7, 11) is 1.52. The Labute approximate surface area is 126 Å². The molecule has 2 aromatic rings. The molecule has 22 heavy (non-hydrogen) atoms. The maximum absolute atomic E-state index is 13.8. The molecule has 1 N–H and O–H groups in total. The quantitative estimate of drug-likeness (QED) is 0.938. The number of likely N-dealkylation sites (N-methyl/N-ethyl adjacent to an activating group) is 1. The number of aliphatic hydroxyl groups is 1. The Bertz CT molecular complexity index is 678. The summed E-state index contributed by atoms with van der Waals surface area (Å²) < 4.78 is 28.6. The highest BCUT2D eigenvalue weighted by molar-refractivity contribution is 5.93. The Morgan fingerprint density at radius 3 is 2.55 bits per heavy atom. The van der Waals surface area contributed by atoms with Crippen LogP contribution in [0.4, 0.5) is 8.78 Å². The van der Waals surface area contributed by atoms with Crippen LogP contribution in [0.5, 0.6) is 0 Å². The van der Waals surface area contributed by atoms with E-state index in [9.17, 15) is 18.7 Å². The lowest BCUT2D eigenvalue weighted by Crippen LogP contribution is -2.33. The summed E-state index contributed by atoms with van der Waals surface area (Å²) >= 11 is 0. The third-order valence-corrected chi connectivity index (χ3v) is 3.15. The van der Waals surface area contributed by atoms with E-state index >= 15 is 0 Å². The first-order valence-corrected chi connectivity index (χ1v) is 6.75. The van der Waals surface area contributed by atoms with Crippen LogP contribution in [0.25, 0.3) is 5.69 Å². The molecule has 2 rings (SSSR count). The second-order valence-corrected chi connectivity index (χ2v) is 5.21. The van der Waals surface area contributed by atoms with E-state index in [4.69, 9.17) is 0 Å². The summed E-state index contributed by atoms with van der Waals surface area (Å²) in [4.78, 5) is 13.6. The van der Waals surface area contributed by atoms with Gasteiger partial charge in [0.15, 0.2) is 17.3 Å². The molecule has 1 heterocycles. The fourth-order valence-corrected chi connectivity index (χ4v) is 2.15. The molecule has 0 aliphatic carbocycles. The van der Waals surface area contributed by atoms with Gasteiger partial charge in [-0.1, -0.05) is 6.07 Å². The van der Waals surface area contributed by atoms with Crippen LogP contribution in [0.3, 0.4) is 0 Å². The Kier molecular flexibility index (Phi) is 4.56. The van der Waals surface area contributed by atoms with Crippen molar-refractivity contribution < 1.29 is 18.7 Å². The lowest BCUT2D eigenvalue weighted by Gasteiger charge is -2.17. The molecule has 118 valence electrons. The predicted octanol–water partition coefficient (Wildman–Crippen LogP) is 1.91. The highest BCUT2D eigenvalue weighted by Gasteiger charge is 2.21. The number of para-hydroxylation sites is 1. The van der Waals surface area contributed by atoms with Gasteiger partial charge in [-0.15, -0.1) is 0 Å². The Morgan fingerprint density at radius 1 is 1.41 bits per heavy atom. The number of hydrogen-bond donors (Lipinski definition) is 1. The maximum atomic E-state index is 13.8. The number of aliphatic hydroxyl groups excluding tert-OH is 1. The van der Waals surface area contributed by atoms with E-state index in [1.54, 1.807) is 13.8 Å². The van der Waals surface area contributed by atoms with Crippen molar-refractivity contribution in [3.63, 3.8) is 0 Å². The first-order valence-electron chi connectivity index (χ1n) is 6.75. The van der Waals surface area contributed by atoms with E-state index in [1.165, 1.54) is 24.2 Å². The van der Waals surface area contributed by atoms with Crippen LogP contribution in [0.15, 0.2) is 24.4 Å². The van der Waals surface area contributed by atoms with Crippen molar-refractivity contribution in [2.75, 3.05) is 13.6 Å². The molecular weight excluding hydrogens is 292 g/mol. The van der Waals surface area contributed by atoms with E-state index in [2.05, 4.69) is 5.10 Å². The van der Waals surface area contributed by atoms with E-state index in [0.717, 1.165) is 16.8 Å². The number of hydrogen-bond acceptors (Lipinski definition) is 3. The molecule has 0 fully saturated rings. The standard InChI is InChI=1S/C15H17F2N3O2/c1-9-7-20(14-11(16)5-4-6-12(14)17)18-13(9)15(22)19(3)8-10(2)21/h4-7,10,21H,8H2,1-3H3/t10-/m0/s1. The molecule has 1 atom stereocenters. The number of nitrogens with zero attached hydrogens (tertiary/aromatic N) is 3. The number of amides is 1. The molecule has 0 spiro atoms. The molecule has 5 nitrogen and oxygen atoms in total. The number of halogens is 2. The summed E-state index contributed by atoms with van der Waals surface area (Å²) in [6, 6.07) is 3.50. The number of carbonyl (C=O) groups excluding carboxylic acids is 1. The van der Waals surface area contributed by atoms with Gasteiger partial charge in [0.1, 0.15) is 5.69 Å². The van der Waals surface area contributed by atoms with Gasteiger partial charge in [0.25, 0.3) is 5.91 Å². The second-order valence-electron chi connectivity index (χ2n) is 5.21. The van der Waals surface area contributed by atoms with Gasteiger partial charge in [-0.25, -0.2) is 13.5 Å². The SMILES string of the molecule is Cc1cn(-c2c(F)cccc2F)nc1C(=O)N(C)C[C@H](C)O. The summed E-state index contributed by atoms with van der Waals surface area (Å²) in [5, 5.41) is 13.3. The number of benzene rings is 1. The van der Waals surface area contributed by atoms with Crippen LogP contribution in [0.1, 0.15) is 23.0 Å². The minimum atomic E-state index is -0.765. The fraction of sp³-hybridized carbons (Fsp3) is 0.333. The van der Waals surface area contributed by atoms with Crippen molar-refractivity contribution in [2.24, 2.45) is 0 Å². The summed E-state index contributed by atoms with van der Waals surface area (Å²) in [6.07, 6.45) is 0.714. The largest absolute Gasteiger partial charge is 0.392 e. The molecule has 7 heteroatoms. The molecule has 0 saturated heterocycles. The molecule has 0 aliphatic rings. The van der Waals surface area contributed by atoms with Gasteiger partial charge >= 0.3 is 0 Å². The van der Waals surface area contributed by atoms with Gasteiger partial charge in [-0.05, 0) is 26.0 Å². The highest BCUT2D eigenvalue weighted by Crippen LogP contribution is 2.19. The highest BCUT2D eigenvalue weighted by atomic mass is 19.1. The van der Waals surface area contributed by atoms with Crippen LogP contribution >= 0.6 is 0 Å². The zero-order chi connectivity index (χ0) is 16.4. The minimum absolute atomic E-state index is 0.0887. The summed E-state index contributed by atoms with van der Waals surface area (Å²) in [6.45, 7) is 3.33. The zero-order valence-electron chi connectivity index (χ0n) is 12.5. The maximum Gasteiger partial charge on any atom is 0.274 e. The van der Waals surface area contributed by atoms with E-state index in [1.807, 2.05) is 0 Å². The number of rotatable bonds is 4. The van der Waals surface area contributed by atoms with Crippen molar-refractivity contribution in [1.82, 2.24) is 14.7 Å². The molecular formula is C15H17F2N3O2. The zero-order valence-corrected chi connectivity index (χ0v) is 12.5. The van der Waals surface area contributed by atoms with E-state index in [-0.39, 0.29) is 17.9 Å². The van der Waals surface area contributed by atoms with Crippen molar-refractivity contribution in [3.8, 4) is 5.69 Å². The molecule has 1 aromatic carbocycles. The Hall–Kier alpha value is -2.28. The predicted molar refractivity (Wildman–Crippen MR) is 76.9 cm³/mol. The Morgan fingerprint density at radius 2 is 2.00 bits per heavy atom. The smallest absolute Gasteiger partial charge is 0.274 e. The van der Waals surface area contributed by atoms with Crippen molar-refractivity contribution >= 4 is 5.91 Å². The lowest BCUT2D eigenvalue weighted by atomic mass is 10.2. The van der Waals surface area contributed by atoms with Crippen LogP contribution in [-0.2, 0) is 0 Å². The monoisotopic (exact) mass is 309 g/mol. The van der Waals surface area contributed by atoms with Gasteiger partial charge in [0.05, 0.1) is 6.10 Å². The first-order chi connectivity index (χ1) is 10.3. The average molecular weight is 309 g/mol. The van der Waals surface area contributed by atoms with Gasteiger partial charge in [0.2, 0.25) is 0 Å². The first kappa shape index (κ1) is 16.1. The minimum Gasteiger partial charge on any atom is -0.392 e. The van der Waals surface area contributed by atoms with Gasteiger partial charge < -0.3 is 10.0 Å². The van der Waals surface area contributed by atoms with Crippen LogP contribution < -0.4 is 0 Å². The molecule has 1 aromatic heterocycles. The molecule has 1 amide bonds. The van der Waals surface area contributed by atoms with Gasteiger partial charge in [-0.2, -0.15) is 5.10 Å². The molecule has 0 aliphatic heterocycles. The van der Waals surface area contributed by atoms with Gasteiger partial charge in [-0.3, -0.25) is 4.79 Å². The number of aryl methyl sites for hydroxylation is 1. The van der Waals surface area contributed by atoms with Crippen molar-refractivity contribution in [2.45, 2.75) is 20.0 Å². The summed E-state index contributed by atoms with van der Waals surface area (Å²) in [5.41, 5.74) is 0.249. The molecule has 0 bridgehead atoms. The van der Waals surface area contributed by atoms with Gasteiger partial charge in [0, 0.05) is 25.4 Å². The average Bonchev–Trinajstić information content (AvgIpc) is 2.78. The van der Waals surface area contributed by atoms with Crippen LogP contribution in [0, 0.1) is 18.6 Å². The third kappa shape index (κ3) is 3.14. The fourth-order valence-electron chi connectivity index (χ4n) is 2.15. The summed E-state index contributed by atoms with van der Waals surface area (Å²) in [5.74, 6) is -1.95. The number of aromatic nitrogens is 2. The second kappa shape index (κ2) is 6.23. The van der Waals surface area contributed by atoms with Crippen molar-refractivity contribution in [1.29, 1.82) is 0 Å². The molecule has 0 saturated carbocycles. The molecule has 0 unspecified atom stereocenters. The topological polar surface area (TPSA) is 58.4 Å². The molecule has 0 radical (unpaired) electrons. The Balaban J connectivity index is 2.38. The third-order valence-electron chi connectivity index (χ3n) is 3.15. The van der Waals surface area contributed by atoms with E-state index in [0.29, 0.717) is 5.56 Å².